The minimum Gasteiger partial charge on any atom is -0.381 e. The molecule has 0 fully saturated rings. The van der Waals surface area contributed by atoms with Gasteiger partial charge in [-0.2, -0.15) is 0 Å². The first-order valence-corrected chi connectivity index (χ1v) is 5.41. The molecule has 0 amide bonds. The van der Waals surface area contributed by atoms with Crippen molar-refractivity contribution in [2.75, 3.05) is 0 Å². The smallest absolute Gasteiger partial charge is 0.141 e. The average molecular weight is 231 g/mol. The Balaban J connectivity index is 2.49. The molecule has 2 rings (SSSR count). The Morgan fingerprint density at radius 1 is 1.18 bits per heavy atom. The van der Waals surface area contributed by atoms with Crippen molar-refractivity contribution in [2.45, 2.75) is 19.4 Å². The number of aryl methyl sites for hydroxylation is 1. The van der Waals surface area contributed by atoms with E-state index in [9.17, 15) is 9.50 Å². The number of nitrogens with zero attached hydrogens (tertiary/aromatic N) is 1. The molecule has 0 spiro atoms. The molecule has 1 heterocycles. The molecule has 3 heteroatoms. The molecule has 1 unspecified atom stereocenters. The molecular formula is C14H14FNO. The van der Waals surface area contributed by atoms with Gasteiger partial charge in [0.05, 0.1) is 6.20 Å². The summed E-state index contributed by atoms with van der Waals surface area (Å²) in [5.41, 5.74) is 0.987. The van der Waals surface area contributed by atoms with Crippen molar-refractivity contribution in [3.05, 3.63) is 65.2 Å². The van der Waals surface area contributed by atoms with Crippen molar-refractivity contribution in [1.29, 1.82) is 0 Å². The fourth-order valence-electron chi connectivity index (χ4n) is 1.79. The number of hydrogen-bond donors (Lipinski definition) is 1. The van der Waals surface area contributed by atoms with Crippen LogP contribution in [0.5, 0.6) is 0 Å². The van der Waals surface area contributed by atoms with Gasteiger partial charge in [0, 0.05) is 11.8 Å². The lowest BCUT2D eigenvalue weighted by Gasteiger charge is -2.24. The van der Waals surface area contributed by atoms with E-state index in [0.717, 1.165) is 17.3 Å². The fourth-order valence-corrected chi connectivity index (χ4v) is 1.79. The third-order valence-electron chi connectivity index (χ3n) is 2.85. The van der Waals surface area contributed by atoms with Crippen molar-refractivity contribution in [3.63, 3.8) is 0 Å². The normalized spacial score (nSPS) is 14.4. The molecule has 1 aromatic carbocycles. The van der Waals surface area contributed by atoms with Gasteiger partial charge in [0.15, 0.2) is 0 Å². The molecule has 2 aromatic rings. The summed E-state index contributed by atoms with van der Waals surface area (Å²) in [7, 11) is 0. The molecule has 0 aliphatic heterocycles. The zero-order chi connectivity index (χ0) is 12.5. The summed E-state index contributed by atoms with van der Waals surface area (Å²) in [5.74, 6) is -0.449. The molecule has 1 aromatic heterocycles. The first kappa shape index (κ1) is 11.7. The van der Waals surface area contributed by atoms with Crippen LogP contribution in [0.1, 0.15) is 23.6 Å². The van der Waals surface area contributed by atoms with Crippen molar-refractivity contribution in [1.82, 2.24) is 4.98 Å². The Hall–Kier alpha value is -1.74. The van der Waals surface area contributed by atoms with Gasteiger partial charge in [0.2, 0.25) is 0 Å². The molecular weight excluding hydrogens is 217 g/mol. The van der Waals surface area contributed by atoms with Crippen LogP contribution in [-0.2, 0) is 5.60 Å². The second-order valence-corrected chi connectivity index (χ2v) is 4.33. The molecule has 0 aliphatic rings. The number of rotatable bonds is 2. The lowest BCUT2D eigenvalue weighted by Crippen LogP contribution is -2.23. The highest BCUT2D eigenvalue weighted by Gasteiger charge is 2.26. The second-order valence-electron chi connectivity index (χ2n) is 4.33. The number of benzene rings is 1. The van der Waals surface area contributed by atoms with E-state index in [1.165, 1.54) is 12.3 Å². The maximum absolute atomic E-state index is 13.1. The standard InChI is InChI=1S/C14H14FNO/c1-10-4-3-5-11(6-10)14(2,17)12-7-13(15)9-16-8-12/h3-9,17H,1-2H3. The highest BCUT2D eigenvalue weighted by Crippen LogP contribution is 2.29. The fraction of sp³-hybridized carbons (Fsp3) is 0.214. The van der Waals surface area contributed by atoms with Crippen LogP contribution >= 0.6 is 0 Å². The molecule has 2 nitrogen and oxygen atoms in total. The molecule has 0 radical (unpaired) electrons. The zero-order valence-electron chi connectivity index (χ0n) is 9.81. The number of pyridine rings is 1. The van der Waals surface area contributed by atoms with Crippen LogP contribution in [0, 0.1) is 12.7 Å². The van der Waals surface area contributed by atoms with Gasteiger partial charge in [-0.05, 0) is 25.5 Å². The van der Waals surface area contributed by atoms with E-state index >= 15 is 0 Å². The number of aromatic nitrogens is 1. The lowest BCUT2D eigenvalue weighted by molar-refractivity contribution is 0.101. The SMILES string of the molecule is Cc1cccc(C(C)(O)c2cncc(F)c2)c1. The van der Waals surface area contributed by atoms with Gasteiger partial charge in [0.1, 0.15) is 11.4 Å². The van der Waals surface area contributed by atoms with Crippen molar-refractivity contribution < 1.29 is 9.50 Å². The molecule has 0 aliphatic carbocycles. The van der Waals surface area contributed by atoms with Crippen LogP contribution in [0.4, 0.5) is 4.39 Å². The number of hydrogen-bond acceptors (Lipinski definition) is 2. The summed E-state index contributed by atoms with van der Waals surface area (Å²) in [6.07, 6.45) is 2.60. The van der Waals surface area contributed by atoms with E-state index in [4.69, 9.17) is 0 Å². The molecule has 1 atom stereocenters. The largest absolute Gasteiger partial charge is 0.381 e. The van der Waals surface area contributed by atoms with Gasteiger partial charge in [-0.15, -0.1) is 0 Å². The van der Waals surface area contributed by atoms with Crippen LogP contribution < -0.4 is 0 Å². The number of halogens is 1. The summed E-state index contributed by atoms with van der Waals surface area (Å²) >= 11 is 0. The lowest BCUT2D eigenvalue weighted by atomic mass is 9.88. The Labute approximate surface area is 99.8 Å². The van der Waals surface area contributed by atoms with E-state index < -0.39 is 11.4 Å². The van der Waals surface area contributed by atoms with Crippen molar-refractivity contribution >= 4 is 0 Å². The monoisotopic (exact) mass is 231 g/mol. The predicted octanol–water partition coefficient (Wildman–Crippen LogP) is 2.78. The minimum atomic E-state index is -1.23. The summed E-state index contributed by atoms with van der Waals surface area (Å²) in [5, 5.41) is 10.5. The van der Waals surface area contributed by atoms with E-state index in [1.54, 1.807) is 6.92 Å². The van der Waals surface area contributed by atoms with Gasteiger partial charge < -0.3 is 5.11 Å². The molecule has 17 heavy (non-hydrogen) atoms. The van der Waals surface area contributed by atoms with Crippen LogP contribution in [-0.4, -0.2) is 10.1 Å². The minimum absolute atomic E-state index is 0.447. The number of aliphatic hydroxyl groups is 1. The Bertz CT molecular complexity index is 490. The topological polar surface area (TPSA) is 33.1 Å². The van der Waals surface area contributed by atoms with Gasteiger partial charge in [-0.3, -0.25) is 4.98 Å². The highest BCUT2D eigenvalue weighted by molar-refractivity contribution is 5.35. The van der Waals surface area contributed by atoms with Crippen LogP contribution in [0.3, 0.4) is 0 Å². The maximum Gasteiger partial charge on any atom is 0.141 e. The Kier molecular flexibility index (Phi) is 2.94. The van der Waals surface area contributed by atoms with Crippen LogP contribution in [0.2, 0.25) is 0 Å². The molecule has 0 bridgehead atoms. The first-order valence-electron chi connectivity index (χ1n) is 5.41. The van der Waals surface area contributed by atoms with Crippen LogP contribution in [0.15, 0.2) is 42.7 Å². The summed E-state index contributed by atoms with van der Waals surface area (Å²) < 4.78 is 13.1. The van der Waals surface area contributed by atoms with E-state index in [2.05, 4.69) is 4.98 Å². The third-order valence-corrected chi connectivity index (χ3v) is 2.85. The van der Waals surface area contributed by atoms with Gasteiger partial charge in [-0.25, -0.2) is 4.39 Å². The zero-order valence-corrected chi connectivity index (χ0v) is 9.81. The summed E-state index contributed by atoms with van der Waals surface area (Å²) in [6, 6.07) is 8.81. The maximum atomic E-state index is 13.1. The van der Waals surface area contributed by atoms with Crippen molar-refractivity contribution in [3.8, 4) is 0 Å². The Morgan fingerprint density at radius 2 is 1.94 bits per heavy atom. The summed E-state index contributed by atoms with van der Waals surface area (Å²) in [4.78, 5) is 3.76. The molecule has 0 saturated carbocycles. The van der Waals surface area contributed by atoms with Crippen LogP contribution in [0.25, 0.3) is 0 Å². The van der Waals surface area contributed by atoms with E-state index in [0.29, 0.717) is 5.56 Å². The molecule has 88 valence electrons. The molecule has 0 saturated heterocycles. The van der Waals surface area contributed by atoms with Gasteiger partial charge in [0.25, 0.3) is 0 Å². The predicted molar refractivity (Wildman–Crippen MR) is 64.0 cm³/mol. The van der Waals surface area contributed by atoms with Gasteiger partial charge >= 0.3 is 0 Å². The second kappa shape index (κ2) is 4.26. The van der Waals surface area contributed by atoms with Crippen molar-refractivity contribution in [2.24, 2.45) is 0 Å². The first-order chi connectivity index (χ1) is 8.00. The molecule has 1 N–H and O–H groups in total. The van der Waals surface area contributed by atoms with E-state index in [1.807, 2.05) is 31.2 Å². The average Bonchev–Trinajstić information content (AvgIpc) is 2.29. The van der Waals surface area contributed by atoms with Gasteiger partial charge in [-0.1, -0.05) is 29.8 Å². The van der Waals surface area contributed by atoms with E-state index in [-0.39, 0.29) is 0 Å². The third kappa shape index (κ3) is 2.34. The highest BCUT2D eigenvalue weighted by atomic mass is 19.1. The Morgan fingerprint density at radius 3 is 2.59 bits per heavy atom. The summed E-state index contributed by atoms with van der Waals surface area (Å²) in [6.45, 7) is 3.58. The quantitative estimate of drug-likeness (QED) is 0.862.